The van der Waals surface area contributed by atoms with Crippen molar-refractivity contribution in [2.75, 3.05) is 13.1 Å². The molecule has 0 aromatic heterocycles. The Morgan fingerprint density at radius 3 is 2.69 bits per heavy atom. The predicted molar refractivity (Wildman–Crippen MR) is 63.3 cm³/mol. The van der Waals surface area contributed by atoms with Crippen LogP contribution in [0.1, 0.15) is 39.5 Å². The lowest BCUT2D eigenvalue weighted by atomic mass is 9.84. The normalized spacial score (nSPS) is 33.6. The Kier molecular flexibility index (Phi) is 3.53. The number of carbonyl (C=O) groups is 1. The summed E-state index contributed by atoms with van der Waals surface area (Å²) in [6, 6.07) is 0.752. The van der Waals surface area contributed by atoms with E-state index in [9.17, 15) is 4.79 Å². The van der Waals surface area contributed by atoms with Crippen molar-refractivity contribution in [3.05, 3.63) is 0 Å². The first kappa shape index (κ1) is 11.9. The molecule has 1 aliphatic heterocycles. The molecule has 3 unspecified atom stereocenters. The molecule has 3 nitrogen and oxygen atoms in total. The SMILES string of the molecule is CCC1CCCC1N1CC(C(C)C(=O)O)C1. The van der Waals surface area contributed by atoms with E-state index in [2.05, 4.69) is 11.8 Å². The van der Waals surface area contributed by atoms with Crippen molar-refractivity contribution < 1.29 is 9.90 Å². The van der Waals surface area contributed by atoms with Crippen LogP contribution in [-0.2, 0) is 4.79 Å². The number of hydrogen-bond acceptors (Lipinski definition) is 2. The summed E-state index contributed by atoms with van der Waals surface area (Å²) in [5.74, 6) is 0.442. The summed E-state index contributed by atoms with van der Waals surface area (Å²) in [4.78, 5) is 13.4. The molecule has 0 amide bonds. The van der Waals surface area contributed by atoms with Gasteiger partial charge >= 0.3 is 5.97 Å². The average Bonchev–Trinajstić information content (AvgIpc) is 2.63. The van der Waals surface area contributed by atoms with Gasteiger partial charge in [0.25, 0.3) is 0 Å². The Balaban J connectivity index is 1.81. The van der Waals surface area contributed by atoms with Gasteiger partial charge in [-0.15, -0.1) is 0 Å². The fourth-order valence-electron chi connectivity index (χ4n) is 3.31. The lowest BCUT2D eigenvalue weighted by Gasteiger charge is -2.46. The Morgan fingerprint density at radius 2 is 2.12 bits per heavy atom. The summed E-state index contributed by atoms with van der Waals surface area (Å²) in [7, 11) is 0. The van der Waals surface area contributed by atoms with Gasteiger partial charge in [0.1, 0.15) is 0 Å². The fourth-order valence-corrected chi connectivity index (χ4v) is 3.31. The maximum absolute atomic E-state index is 10.9. The minimum absolute atomic E-state index is 0.169. The maximum atomic E-state index is 10.9. The first-order valence-electron chi connectivity index (χ1n) is 6.60. The second kappa shape index (κ2) is 4.74. The standard InChI is InChI=1S/C13H23NO2/c1-3-10-5-4-6-12(10)14-7-11(8-14)9(2)13(15)16/h9-12H,3-8H2,1-2H3,(H,15,16). The molecular weight excluding hydrogens is 202 g/mol. The summed E-state index contributed by atoms with van der Waals surface area (Å²) < 4.78 is 0. The van der Waals surface area contributed by atoms with E-state index < -0.39 is 5.97 Å². The van der Waals surface area contributed by atoms with E-state index in [-0.39, 0.29) is 5.92 Å². The summed E-state index contributed by atoms with van der Waals surface area (Å²) in [5.41, 5.74) is 0. The number of nitrogens with zero attached hydrogens (tertiary/aromatic N) is 1. The van der Waals surface area contributed by atoms with E-state index in [0.717, 1.165) is 25.0 Å². The summed E-state index contributed by atoms with van der Waals surface area (Å²) in [6.45, 7) is 6.14. The predicted octanol–water partition coefficient (Wildman–Crippen LogP) is 2.22. The van der Waals surface area contributed by atoms with Crippen molar-refractivity contribution in [3.8, 4) is 0 Å². The van der Waals surface area contributed by atoms with Crippen LogP contribution in [0, 0.1) is 17.8 Å². The van der Waals surface area contributed by atoms with E-state index in [1.807, 2.05) is 6.92 Å². The molecule has 3 atom stereocenters. The zero-order chi connectivity index (χ0) is 11.7. The summed E-state index contributed by atoms with van der Waals surface area (Å²) in [5, 5.41) is 8.95. The van der Waals surface area contributed by atoms with Gasteiger partial charge in [0.05, 0.1) is 5.92 Å². The molecule has 1 saturated heterocycles. The number of carboxylic acid groups (broad SMARTS) is 1. The van der Waals surface area contributed by atoms with Crippen molar-refractivity contribution in [3.63, 3.8) is 0 Å². The van der Waals surface area contributed by atoms with Crippen LogP contribution in [0.25, 0.3) is 0 Å². The van der Waals surface area contributed by atoms with Gasteiger partial charge in [-0.3, -0.25) is 9.69 Å². The maximum Gasteiger partial charge on any atom is 0.306 e. The van der Waals surface area contributed by atoms with Gasteiger partial charge in [0.2, 0.25) is 0 Å². The van der Waals surface area contributed by atoms with E-state index in [4.69, 9.17) is 5.11 Å². The van der Waals surface area contributed by atoms with E-state index in [0.29, 0.717) is 5.92 Å². The molecule has 3 heteroatoms. The van der Waals surface area contributed by atoms with Gasteiger partial charge in [0, 0.05) is 19.1 Å². The third-order valence-electron chi connectivity index (χ3n) is 4.65. The molecule has 0 aromatic rings. The lowest BCUT2D eigenvalue weighted by molar-refractivity contribution is -0.146. The van der Waals surface area contributed by atoms with Crippen LogP contribution in [0.4, 0.5) is 0 Å². The molecule has 1 saturated carbocycles. The van der Waals surface area contributed by atoms with Gasteiger partial charge in [-0.05, 0) is 24.7 Å². The topological polar surface area (TPSA) is 40.5 Å². The Bertz CT molecular complexity index is 261. The van der Waals surface area contributed by atoms with Crippen molar-refractivity contribution in [2.24, 2.45) is 17.8 Å². The van der Waals surface area contributed by atoms with Crippen molar-refractivity contribution in [2.45, 2.75) is 45.6 Å². The van der Waals surface area contributed by atoms with Crippen LogP contribution in [0.15, 0.2) is 0 Å². The Hall–Kier alpha value is -0.570. The monoisotopic (exact) mass is 225 g/mol. The number of likely N-dealkylation sites (tertiary alicyclic amines) is 1. The highest BCUT2D eigenvalue weighted by Crippen LogP contribution is 2.37. The van der Waals surface area contributed by atoms with Gasteiger partial charge in [-0.2, -0.15) is 0 Å². The molecule has 0 radical (unpaired) electrons. The quantitative estimate of drug-likeness (QED) is 0.797. The Morgan fingerprint density at radius 1 is 1.44 bits per heavy atom. The second-order valence-electron chi connectivity index (χ2n) is 5.51. The highest BCUT2D eigenvalue weighted by molar-refractivity contribution is 5.70. The highest BCUT2D eigenvalue weighted by Gasteiger charge is 2.41. The van der Waals surface area contributed by atoms with Crippen molar-refractivity contribution in [1.82, 2.24) is 4.90 Å². The van der Waals surface area contributed by atoms with Crippen molar-refractivity contribution >= 4 is 5.97 Å². The molecule has 16 heavy (non-hydrogen) atoms. The third kappa shape index (κ3) is 2.10. The first-order valence-corrected chi connectivity index (χ1v) is 6.60. The van der Waals surface area contributed by atoms with Crippen LogP contribution in [0.5, 0.6) is 0 Å². The van der Waals surface area contributed by atoms with Gasteiger partial charge in [-0.1, -0.05) is 26.7 Å². The second-order valence-corrected chi connectivity index (χ2v) is 5.51. The van der Waals surface area contributed by atoms with Crippen LogP contribution in [0.3, 0.4) is 0 Å². The van der Waals surface area contributed by atoms with E-state index >= 15 is 0 Å². The summed E-state index contributed by atoms with van der Waals surface area (Å²) in [6.07, 6.45) is 5.34. The third-order valence-corrected chi connectivity index (χ3v) is 4.65. The molecule has 2 rings (SSSR count). The number of rotatable bonds is 4. The molecule has 1 heterocycles. The minimum atomic E-state index is -0.636. The Labute approximate surface area is 97.8 Å². The van der Waals surface area contributed by atoms with Crippen LogP contribution < -0.4 is 0 Å². The van der Waals surface area contributed by atoms with Crippen LogP contribution >= 0.6 is 0 Å². The first-order chi connectivity index (χ1) is 7.63. The molecule has 0 spiro atoms. The molecule has 1 N–H and O–H groups in total. The minimum Gasteiger partial charge on any atom is -0.481 e. The number of carboxylic acids is 1. The molecule has 0 aromatic carbocycles. The number of hydrogen-bond donors (Lipinski definition) is 1. The average molecular weight is 225 g/mol. The molecule has 1 aliphatic carbocycles. The summed E-state index contributed by atoms with van der Waals surface area (Å²) >= 11 is 0. The van der Waals surface area contributed by atoms with Gasteiger partial charge in [0.15, 0.2) is 0 Å². The lowest BCUT2D eigenvalue weighted by Crippen LogP contribution is -2.56. The molecule has 92 valence electrons. The number of aliphatic carboxylic acids is 1. The zero-order valence-electron chi connectivity index (χ0n) is 10.4. The molecule has 0 bridgehead atoms. The fraction of sp³-hybridized carbons (Fsp3) is 0.923. The van der Waals surface area contributed by atoms with Gasteiger partial charge in [-0.25, -0.2) is 0 Å². The van der Waals surface area contributed by atoms with E-state index in [1.54, 1.807) is 0 Å². The molecule has 2 fully saturated rings. The molecular formula is C13H23NO2. The van der Waals surface area contributed by atoms with Crippen LogP contribution in [-0.4, -0.2) is 35.1 Å². The zero-order valence-corrected chi connectivity index (χ0v) is 10.4. The highest BCUT2D eigenvalue weighted by atomic mass is 16.4. The molecule has 2 aliphatic rings. The largest absolute Gasteiger partial charge is 0.481 e. The van der Waals surface area contributed by atoms with Crippen LogP contribution in [0.2, 0.25) is 0 Å². The van der Waals surface area contributed by atoms with Gasteiger partial charge < -0.3 is 5.11 Å². The smallest absolute Gasteiger partial charge is 0.306 e. The van der Waals surface area contributed by atoms with E-state index in [1.165, 1.54) is 25.7 Å². The van der Waals surface area contributed by atoms with Crippen molar-refractivity contribution in [1.29, 1.82) is 0 Å².